The minimum atomic E-state index is -0.927. The molecule has 0 radical (unpaired) electrons. The molecule has 0 saturated carbocycles. The van der Waals surface area contributed by atoms with Crippen molar-refractivity contribution in [2.24, 2.45) is 11.3 Å². The first-order valence-corrected chi connectivity index (χ1v) is 9.56. The third-order valence-corrected chi connectivity index (χ3v) is 5.85. The Hall–Kier alpha value is -3.19. The number of nitrogens with zero attached hydrogens (tertiary/aromatic N) is 1. The largest absolute Gasteiger partial charge is 0.481 e. The minimum Gasteiger partial charge on any atom is -0.481 e. The lowest BCUT2D eigenvalue weighted by Crippen LogP contribution is -2.45. The van der Waals surface area contributed by atoms with Gasteiger partial charge in [-0.1, -0.05) is 18.2 Å². The zero-order valence-electron chi connectivity index (χ0n) is 15.8. The van der Waals surface area contributed by atoms with E-state index in [0.29, 0.717) is 43.0 Å². The van der Waals surface area contributed by atoms with E-state index >= 15 is 0 Å². The van der Waals surface area contributed by atoms with Gasteiger partial charge in [0.2, 0.25) is 0 Å². The molecule has 0 aromatic heterocycles. The van der Waals surface area contributed by atoms with Gasteiger partial charge in [-0.25, -0.2) is 0 Å². The summed E-state index contributed by atoms with van der Waals surface area (Å²) in [6, 6.07) is 15.5. The van der Waals surface area contributed by atoms with Crippen LogP contribution < -0.4 is 5.32 Å². The molecular formula is C22H22N2O5. The van der Waals surface area contributed by atoms with Gasteiger partial charge in [0.15, 0.2) is 0 Å². The number of carboxylic acids is 1. The Morgan fingerprint density at radius 2 is 1.72 bits per heavy atom. The summed E-state index contributed by atoms with van der Waals surface area (Å²) < 4.78 is 5.44. The zero-order valence-corrected chi connectivity index (χ0v) is 15.8. The quantitative estimate of drug-likeness (QED) is 0.831. The number of nitrogens with one attached hydrogen (secondary N) is 1. The highest BCUT2D eigenvalue weighted by Gasteiger charge is 2.54. The first kappa shape index (κ1) is 19.1. The summed E-state index contributed by atoms with van der Waals surface area (Å²) in [6.45, 7) is 1.30. The van der Waals surface area contributed by atoms with Crippen molar-refractivity contribution in [3.63, 3.8) is 0 Å². The Kier molecular flexibility index (Phi) is 5.07. The average Bonchev–Trinajstić information content (AvgIpc) is 3.15. The number of likely N-dealkylation sites (tertiary alicyclic amines) is 1. The molecule has 2 aliphatic heterocycles. The van der Waals surface area contributed by atoms with Crippen LogP contribution in [-0.4, -0.2) is 54.1 Å². The molecule has 0 unspecified atom stereocenters. The van der Waals surface area contributed by atoms with E-state index in [2.05, 4.69) is 5.32 Å². The van der Waals surface area contributed by atoms with Crippen molar-refractivity contribution in [2.75, 3.05) is 31.6 Å². The second kappa shape index (κ2) is 7.67. The smallest absolute Gasteiger partial charge is 0.311 e. The van der Waals surface area contributed by atoms with E-state index in [0.717, 1.165) is 0 Å². The summed E-state index contributed by atoms with van der Waals surface area (Å²) in [7, 11) is 0. The molecule has 2 heterocycles. The van der Waals surface area contributed by atoms with Gasteiger partial charge in [0.05, 0.1) is 12.0 Å². The van der Waals surface area contributed by atoms with Crippen LogP contribution in [0.3, 0.4) is 0 Å². The van der Waals surface area contributed by atoms with Gasteiger partial charge < -0.3 is 20.1 Å². The molecule has 4 rings (SSSR count). The summed E-state index contributed by atoms with van der Waals surface area (Å²) in [5.41, 5.74) is 0.638. The van der Waals surface area contributed by atoms with E-state index in [9.17, 15) is 19.5 Å². The molecule has 0 spiro atoms. The van der Waals surface area contributed by atoms with Crippen LogP contribution in [0.4, 0.5) is 5.69 Å². The van der Waals surface area contributed by atoms with Crippen molar-refractivity contribution < 1.29 is 24.2 Å². The van der Waals surface area contributed by atoms with Crippen LogP contribution in [0.2, 0.25) is 0 Å². The molecule has 2 N–H and O–H groups in total. The molecule has 2 saturated heterocycles. The lowest BCUT2D eigenvalue weighted by molar-refractivity contribution is -0.157. The van der Waals surface area contributed by atoms with Gasteiger partial charge in [0.25, 0.3) is 11.8 Å². The van der Waals surface area contributed by atoms with E-state index in [-0.39, 0.29) is 24.3 Å². The Labute approximate surface area is 168 Å². The van der Waals surface area contributed by atoms with Crippen LogP contribution in [-0.2, 0) is 9.53 Å². The summed E-state index contributed by atoms with van der Waals surface area (Å²) in [4.78, 5) is 38.8. The van der Waals surface area contributed by atoms with Gasteiger partial charge in [-0.05, 0) is 42.8 Å². The van der Waals surface area contributed by atoms with Gasteiger partial charge in [-0.2, -0.15) is 0 Å². The van der Waals surface area contributed by atoms with E-state index in [1.54, 1.807) is 41.3 Å². The highest BCUT2D eigenvalue weighted by molar-refractivity contribution is 6.05. The third kappa shape index (κ3) is 3.61. The molecule has 150 valence electrons. The first-order valence-electron chi connectivity index (χ1n) is 9.56. The van der Waals surface area contributed by atoms with Crippen molar-refractivity contribution in [1.82, 2.24) is 4.90 Å². The maximum atomic E-state index is 12.9. The van der Waals surface area contributed by atoms with Crippen molar-refractivity contribution in [3.8, 4) is 0 Å². The molecule has 7 nitrogen and oxygen atoms in total. The van der Waals surface area contributed by atoms with Crippen LogP contribution >= 0.6 is 0 Å². The SMILES string of the molecule is O=C(Nc1ccccc1)c1ccc(C(=O)N2C[C@H]3COCC[C@@]3(C(=O)O)C2)cc1. The summed E-state index contributed by atoms with van der Waals surface area (Å²) >= 11 is 0. The standard InChI is InChI=1S/C22H22N2O5/c25-19(23-18-4-2-1-3-5-18)15-6-8-16(9-7-15)20(26)24-12-17-13-29-11-10-22(17,14-24)21(27)28/h1-9,17H,10-14H2,(H,23,25)(H,27,28)/t17-,22+/m0/s1. The lowest BCUT2D eigenvalue weighted by Gasteiger charge is -2.33. The number of carboxylic acid groups (broad SMARTS) is 1. The molecule has 0 aliphatic carbocycles. The first-order chi connectivity index (χ1) is 14.0. The number of para-hydroxylation sites is 1. The Morgan fingerprint density at radius 3 is 2.38 bits per heavy atom. The zero-order chi connectivity index (χ0) is 20.4. The molecule has 2 aliphatic rings. The Balaban J connectivity index is 1.46. The molecule has 29 heavy (non-hydrogen) atoms. The number of fused-ring (bicyclic) bond motifs is 1. The van der Waals surface area contributed by atoms with Crippen LogP contribution in [0.1, 0.15) is 27.1 Å². The number of carbonyl (C=O) groups is 3. The highest BCUT2D eigenvalue weighted by atomic mass is 16.5. The maximum Gasteiger partial charge on any atom is 0.311 e. The second-order valence-corrected chi connectivity index (χ2v) is 7.57. The van der Waals surface area contributed by atoms with Crippen molar-refractivity contribution in [2.45, 2.75) is 6.42 Å². The highest BCUT2D eigenvalue weighted by Crippen LogP contribution is 2.42. The molecule has 0 bridgehead atoms. The molecule has 2 amide bonds. The monoisotopic (exact) mass is 394 g/mol. The molecule has 2 atom stereocenters. The topological polar surface area (TPSA) is 95.9 Å². The summed E-state index contributed by atoms with van der Waals surface area (Å²) in [5.74, 6) is -1.55. The van der Waals surface area contributed by atoms with Crippen molar-refractivity contribution in [1.29, 1.82) is 0 Å². The molecule has 2 aromatic rings. The normalized spacial score (nSPS) is 23.3. The average molecular weight is 394 g/mol. The summed E-state index contributed by atoms with van der Waals surface area (Å²) in [6.07, 6.45) is 0.412. The molecular weight excluding hydrogens is 372 g/mol. The number of amides is 2. The Morgan fingerprint density at radius 1 is 1.03 bits per heavy atom. The van der Waals surface area contributed by atoms with Crippen molar-refractivity contribution >= 4 is 23.5 Å². The number of benzene rings is 2. The van der Waals surface area contributed by atoms with Gasteiger partial charge in [-0.15, -0.1) is 0 Å². The molecule has 2 fully saturated rings. The number of aliphatic carboxylic acids is 1. The maximum absolute atomic E-state index is 12.9. The lowest BCUT2D eigenvalue weighted by atomic mass is 9.74. The number of rotatable bonds is 4. The minimum absolute atomic E-state index is 0.186. The van der Waals surface area contributed by atoms with E-state index in [4.69, 9.17) is 4.74 Å². The van der Waals surface area contributed by atoms with Crippen LogP contribution in [0, 0.1) is 11.3 Å². The second-order valence-electron chi connectivity index (χ2n) is 7.57. The fourth-order valence-electron chi connectivity index (χ4n) is 4.13. The van der Waals surface area contributed by atoms with E-state index in [1.165, 1.54) is 0 Å². The van der Waals surface area contributed by atoms with E-state index < -0.39 is 11.4 Å². The van der Waals surface area contributed by atoms with Crippen LogP contribution in [0.5, 0.6) is 0 Å². The van der Waals surface area contributed by atoms with Crippen molar-refractivity contribution in [3.05, 3.63) is 65.7 Å². The van der Waals surface area contributed by atoms with Gasteiger partial charge in [0, 0.05) is 42.4 Å². The fourth-order valence-corrected chi connectivity index (χ4v) is 4.13. The number of anilines is 1. The predicted molar refractivity (Wildman–Crippen MR) is 106 cm³/mol. The molecule has 7 heteroatoms. The predicted octanol–water partition coefficient (Wildman–Crippen LogP) is 2.50. The number of carbonyl (C=O) groups excluding carboxylic acids is 2. The third-order valence-electron chi connectivity index (χ3n) is 5.85. The fraction of sp³-hybridized carbons (Fsp3) is 0.318. The number of hydrogen-bond acceptors (Lipinski definition) is 4. The number of hydrogen-bond donors (Lipinski definition) is 2. The van der Waals surface area contributed by atoms with Gasteiger partial charge in [0.1, 0.15) is 0 Å². The summed E-state index contributed by atoms with van der Waals surface area (Å²) in [5, 5.41) is 12.5. The van der Waals surface area contributed by atoms with Crippen LogP contribution in [0.15, 0.2) is 54.6 Å². The van der Waals surface area contributed by atoms with Gasteiger partial charge in [-0.3, -0.25) is 14.4 Å². The van der Waals surface area contributed by atoms with Crippen LogP contribution in [0.25, 0.3) is 0 Å². The molecule has 2 aromatic carbocycles. The van der Waals surface area contributed by atoms with E-state index in [1.807, 2.05) is 18.2 Å². The number of ether oxygens (including phenoxy) is 1. The Bertz CT molecular complexity index is 928. The van der Waals surface area contributed by atoms with Gasteiger partial charge >= 0.3 is 5.97 Å².